The first kappa shape index (κ1) is 14.8. The first-order chi connectivity index (χ1) is 9.44. The topological polar surface area (TPSA) is 102 Å². The van der Waals surface area contributed by atoms with Gasteiger partial charge in [-0.1, -0.05) is 29.8 Å². The van der Waals surface area contributed by atoms with E-state index in [0.717, 1.165) is 0 Å². The lowest BCUT2D eigenvalue weighted by Crippen LogP contribution is -2.56. The average Bonchev–Trinajstić information content (AvgIpc) is 2.85. The van der Waals surface area contributed by atoms with E-state index >= 15 is 0 Å². The van der Waals surface area contributed by atoms with Gasteiger partial charge in [-0.05, 0) is 12.5 Å². The second kappa shape index (κ2) is 5.78. The summed E-state index contributed by atoms with van der Waals surface area (Å²) in [6.07, 6.45) is 0.355. The summed E-state index contributed by atoms with van der Waals surface area (Å²) in [5.74, 6) is -1.75. The van der Waals surface area contributed by atoms with Gasteiger partial charge in [0.15, 0.2) is 6.04 Å². The number of nitrogens with two attached hydrogens (primary N) is 1. The number of carboxylic acid groups (broad SMARTS) is 1. The second-order valence-corrected chi connectivity index (χ2v) is 5.13. The van der Waals surface area contributed by atoms with Crippen LogP contribution in [-0.4, -0.2) is 35.7 Å². The predicted molar refractivity (Wildman–Crippen MR) is 72.3 cm³/mol. The number of ether oxygens (including phenoxy) is 1. The van der Waals surface area contributed by atoms with Crippen LogP contribution >= 0.6 is 11.6 Å². The summed E-state index contributed by atoms with van der Waals surface area (Å²) in [6.45, 7) is 0.460. The van der Waals surface area contributed by atoms with E-state index in [4.69, 9.17) is 22.1 Å². The molecule has 1 heterocycles. The van der Waals surface area contributed by atoms with Crippen LogP contribution in [-0.2, 0) is 14.3 Å². The zero-order chi connectivity index (χ0) is 14.8. The molecule has 6 nitrogen and oxygen atoms in total. The molecule has 1 aliphatic heterocycles. The quantitative estimate of drug-likeness (QED) is 0.759. The molecule has 7 heteroatoms. The van der Waals surface area contributed by atoms with E-state index in [1.807, 2.05) is 0 Å². The van der Waals surface area contributed by atoms with Crippen LogP contribution in [0.25, 0.3) is 0 Å². The normalized spacial score (nSPS) is 23.3. The van der Waals surface area contributed by atoms with Gasteiger partial charge in [-0.3, -0.25) is 4.79 Å². The number of carboxylic acids is 1. The molecule has 4 N–H and O–H groups in total. The number of hydrogen-bond acceptors (Lipinski definition) is 4. The van der Waals surface area contributed by atoms with E-state index in [2.05, 4.69) is 5.32 Å². The van der Waals surface area contributed by atoms with Crippen LogP contribution in [0.3, 0.4) is 0 Å². The van der Waals surface area contributed by atoms with Crippen LogP contribution in [0.15, 0.2) is 24.3 Å². The summed E-state index contributed by atoms with van der Waals surface area (Å²) < 4.78 is 5.09. The van der Waals surface area contributed by atoms with Crippen LogP contribution < -0.4 is 11.1 Å². The molecule has 1 aromatic rings. The minimum absolute atomic E-state index is 0.0771. The largest absolute Gasteiger partial charge is 0.479 e. The zero-order valence-electron chi connectivity index (χ0n) is 10.6. The van der Waals surface area contributed by atoms with Crippen molar-refractivity contribution in [1.82, 2.24) is 5.32 Å². The minimum Gasteiger partial charge on any atom is -0.479 e. The standard InChI is InChI=1S/C13H15ClN2O4/c14-9-4-2-1-3-8(9)10(11(17)18)16-12(19)13(15)5-6-20-7-13/h1-4,10H,5-7,15H2,(H,16,19)(H,17,18)/t10-,13?/m1/s1. The molecule has 0 spiro atoms. The van der Waals surface area contributed by atoms with Crippen molar-refractivity contribution in [2.45, 2.75) is 18.0 Å². The highest BCUT2D eigenvalue weighted by Gasteiger charge is 2.40. The van der Waals surface area contributed by atoms with Gasteiger partial charge in [0.2, 0.25) is 5.91 Å². The molecule has 1 amide bonds. The smallest absolute Gasteiger partial charge is 0.330 e. The van der Waals surface area contributed by atoms with Crippen LogP contribution in [0.5, 0.6) is 0 Å². The maximum atomic E-state index is 12.1. The van der Waals surface area contributed by atoms with Gasteiger partial charge in [0, 0.05) is 17.2 Å². The van der Waals surface area contributed by atoms with Gasteiger partial charge >= 0.3 is 5.97 Å². The maximum absolute atomic E-state index is 12.1. The number of benzene rings is 1. The molecule has 1 aromatic carbocycles. The fourth-order valence-corrected chi connectivity index (χ4v) is 2.26. The van der Waals surface area contributed by atoms with E-state index in [-0.39, 0.29) is 11.6 Å². The number of carbonyl (C=O) groups excluding carboxylic acids is 1. The highest BCUT2D eigenvalue weighted by Crippen LogP contribution is 2.24. The van der Waals surface area contributed by atoms with Crippen molar-refractivity contribution in [2.75, 3.05) is 13.2 Å². The number of carbonyl (C=O) groups is 2. The Morgan fingerprint density at radius 2 is 2.15 bits per heavy atom. The molecule has 2 atom stereocenters. The SMILES string of the molecule is NC1(C(=O)N[C@@H](C(=O)O)c2ccccc2Cl)CCOC1. The molecule has 0 aliphatic carbocycles. The summed E-state index contributed by atoms with van der Waals surface area (Å²) in [6, 6.07) is 5.21. The van der Waals surface area contributed by atoms with E-state index < -0.39 is 23.5 Å². The minimum atomic E-state index is -1.24. The van der Waals surface area contributed by atoms with Crippen molar-refractivity contribution in [3.8, 4) is 0 Å². The number of rotatable bonds is 4. The highest BCUT2D eigenvalue weighted by molar-refractivity contribution is 6.31. The molecular formula is C13H15ClN2O4. The third-order valence-corrected chi connectivity index (χ3v) is 3.59. The Hall–Kier alpha value is -1.63. The summed E-state index contributed by atoms with van der Waals surface area (Å²) in [4.78, 5) is 23.5. The van der Waals surface area contributed by atoms with Crippen LogP contribution in [0.1, 0.15) is 18.0 Å². The number of amides is 1. The maximum Gasteiger partial charge on any atom is 0.330 e. The Morgan fingerprint density at radius 3 is 2.70 bits per heavy atom. The first-order valence-electron chi connectivity index (χ1n) is 6.09. The van der Waals surface area contributed by atoms with Crippen LogP contribution in [0, 0.1) is 0 Å². The summed E-state index contributed by atoms with van der Waals surface area (Å²) in [7, 11) is 0. The van der Waals surface area contributed by atoms with Crippen molar-refractivity contribution in [3.05, 3.63) is 34.9 Å². The fourth-order valence-electron chi connectivity index (χ4n) is 2.02. The zero-order valence-corrected chi connectivity index (χ0v) is 11.4. The van der Waals surface area contributed by atoms with Crippen molar-refractivity contribution in [3.63, 3.8) is 0 Å². The molecule has 0 radical (unpaired) electrons. The molecule has 1 fully saturated rings. The molecule has 20 heavy (non-hydrogen) atoms. The van der Waals surface area contributed by atoms with Crippen molar-refractivity contribution in [1.29, 1.82) is 0 Å². The molecule has 1 saturated heterocycles. The van der Waals surface area contributed by atoms with Crippen molar-refractivity contribution < 1.29 is 19.4 Å². The van der Waals surface area contributed by atoms with Gasteiger partial charge < -0.3 is 20.9 Å². The number of halogens is 1. The lowest BCUT2D eigenvalue weighted by molar-refractivity contribution is -0.143. The van der Waals surface area contributed by atoms with Gasteiger partial charge in [-0.25, -0.2) is 4.79 Å². The molecular weight excluding hydrogens is 284 g/mol. The van der Waals surface area contributed by atoms with E-state index in [9.17, 15) is 14.7 Å². The second-order valence-electron chi connectivity index (χ2n) is 4.72. The summed E-state index contributed by atoms with van der Waals surface area (Å²) in [5, 5.41) is 12.0. The Bertz CT molecular complexity index is 529. The number of hydrogen-bond donors (Lipinski definition) is 3. The molecule has 1 unspecified atom stereocenters. The number of nitrogens with one attached hydrogen (secondary N) is 1. The van der Waals surface area contributed by atoms with Crippen molar-refractivity contribution >= 4 is 23.5 Å². The van der Waals surface area contributed by atoms with Crippen LogP contribution in [0.4, 0.5) is 0 Å². The predicted octanol–water partition coefficient (Wildman–Crippen LogP) is 0.700. The van der Waals surface area contributed by atoms with E-state index in [1.54, 1.807) is 24.3 Å². The lowest BCUT2D eigenvalue weighted by atomic mass is 9.97. The van der Waals surface area contributed by atoms with Gasteiger partial charge in [0.1, 0.15) is 5.54 Å². The van der Waals surface area contributed by atoms with Gasteiger partial charge in [0.05, 0.1) is 6.61 Å². The molecule has 0 bridgehead atoms. The summed E-state index contributed by atoms with van der Waals surface area (Å²) in [5.41, 5.74) is 5.04. The molecule has 0 saturated carbocycles. The monoisotopic (exact) mass is 298 g/mol. The Kier molecular flexibility index (Phi) is 4.27. The third kappa shape index (κ3) is 2.92. The third-order valence-electron chi connectivity index (χ3n) is 3.24. The van der Waals surface area contributed by atoms with E-state index in [0.29, 0.717) is 18.6 Å². The van der Waals surface area contributed by atoms with Gasteiger partial charge in [0.25, 0.3) is 0 Å². The Balaban J connectivity index is 2.21. The Labute approximate surface area is 120 Å². The number of aliphatic carboxylic acids is 1. The molecule has 108 valence electrons. The molecule has 0 aromatic heterocycles. The molecule has 2 rings (SSSR count). The highest BCUT2D eigenvalue weighted by atomic mass is 35.5. The van der Waals surface area contributed by atoms with Crippen molar-refractivity contribution in [2.24, 2.45) is 5.73 Å². The molecule has 1 aliphatic rings. The fraction of sp³-hybridized carbons (Fsp3) is 0.385. The van der Waals surface area contributed by atoms with Crippen LogP contribution in [0.2, 0.25) is 5.02 Å². The average molecular weight is 299 g/mol. The first-order valence-corrected chi connectivity index (χ1v) is 6.47. The van der Waals surface area contributed by atoms with Gasteiger partial charge in [-0.15, -0.1) is 0 Å². The summed E-state index contributed by atoms with van der Waals surface area (Å²) >= 11 is 5.97. The van der Waals surface area contributed by atoms with Gasteiger partial charge in [-0.2, -0.15) is 0 Å². The van der Waals surface area contributed by atoms with E-state index in [1.165, 1.54) is 0 Å². The Morgan fingerprint density at radius 1 is 1.45 bits per heavy atom. The lowest BCUT2D eigenvalue weighted by Gasteiger charge is -2.24.